The Bertz CT molecular complexity index is 508. The van der Waals surface area contributed by atoms with Crippen molar-refractivity contribution in [1.82, 2.24) is 4.90 Å². The minimum absolute atomic E-state index is 0.772. The van der Waals surface area contributed by atoms with Crippen LogP contribution in [0.5, 0.6) is 0 Å². The highest BCUT2D eigenvalue weighted by Crippen LogP contribution is 2.15. The second-order valence-corrected chi connectivity index (χ2v) is 4.93. The van der Waals surface area contributed by atoms with Crippen LogP contribution in [0.4, 0.5) is 5.69 Å². The lowest BCUT2D eigenvalue weighted by Gasteiger charge is -2.18. The minimum Gasteiger partial charge on any atom is -0.398 e. The third-order valence-electron chi connectivity index (χ3n) is 2.86. The molecule has 2 N–H and O–H groups in total. The number of halogens is 1. The molecule has 2 nitrogen and oxygen atoms in total. The van der Waals surface area contributed by atoms with E-state index < -0.39 is 0 Å². The van der Waals surface area contributed by atoms with Gasteiger partial charge in [0, 0.05) is 23.8 Å². The summed E-state index contributed by atoms with van der Waals surface area (Å²) in [4.78, 5) is 2.23. The van der Waals surface area contributed by atoms with E-state index in [0.717, 1.165) is 29.4 Å². The van der Waals surface area contributed by atoms with Crippen molar-refractivity contribution < 1.29 is 0 Å². The molecule has 0 aliphatic carbocycles. The van der Waals surface area contributed by atoms with Crippen molar-refractivity contribution in [2.45, 2.75) is 13.1 Å². The predicted octanol–water partition coefficient (Wildman–Crippen LogP) is 3.55. The van der Waals surface area contributed by atoms with Crippen LogP contribution in [0.2, 0.25) is 5.02 Å². The van der Waals surface area contributed by atoms with Gasteiger partial charge in [-0.25, -0.2) is 0 Å². The van der Waals surface area contributed by atoms with Gasteiger partial charge in [-0.05, 0) is 36.4 Å². The zero-order valence-electron chi connectivity index (χ0n) is 10.4. The number of hydrogen-bond donors (Lipinski definition) is 1. The smallest absolute Gasteiger partial charge is 0.0406 e. The van der Waals surface area contributed by atoms with E-state index in [0.29, 0.717) is 0 Å². The molecule has 2 aromatic rings. The number of hydrogen-bond acceptors (Lipinski definition) is 2. The van der Waals surface area contributed by atoms with Gasteiger partial charge in [-0.3, -0.25) is 4.90 Å². The van der Waals surface area contributed by atoms with Gasteiger partial charge in [0.05, 0.1) is 0 Å². The molecule has 0 aromatic heterocycles. The molecule has 18 heavy (non-hydrogen) atoms. The standard InChI is InChI=1S/C15H17ClN2/c1-18(10-12-6-8-14(16)9-7-12)11-13-4-2-3-5-15(13)17/h2-9H,10-11,17H2,1H3. The fourth-order valence-electron chi connectivity index (χ4n) is 1.93. The third-order valence-corrected chi connectivity index (χ3v) is 3.11. The molecule has 0 saturated heterocycles. The van der Waals surface area contributed by atoms with E-state index in [1.54, 1.807) is 0 Å². The average Bonchev–Trinajstić information content (AvgIpc) is 2.35. The molecule has 0 spiro atoms. The topological polar surface area (TPSA) is 29.3 Å². The second kappa shape index (κ2) is 5.89. The van der Waals surface area contributed by atoms with Crippen LogP contribution in [0.25, 0.3) is 0 Å². The average molecular weight is 261 g/mol. The molecule has 0 bridgehead atoms. The van der Waals surface area contributed by atoms with Crippen LogP contribution in [-0.2, 0) is 13.1 Å². The van der Waals surface area contributed by atoms with Crippen molar-refractivity contribution in [3.63, 3.8) is 0 Å². The summed E-state index contributed by atoms with van der Waals surface area (Å²) in [6, 6.07) is 15.9. The summed E-state index contributed by atoms with van der Waals surface area (Å²) in [7, 11) is 2.08. The second-order valence-electron chi connectivity index (χ2n) is 4.50. The van der Waals surface area contributed by atoms with Gasteiger partial charge in [0.2, 0.25) is 0 Å². The summed E-state index contributed by atoms with van der Waals surface area (Å²) in [6.07, 6.45) is 0. The van der Waals surface area contributed by atoms with E-state index in [4.69, 9.17) is 17.3 Å². The SMILES string of the molecule is CN(Cc1ccc(Cl)cc1)Cc1ccccc1N. The van der Waals surface area contributed by atoms with Gasteiger partial charge in [-0.1, -0.05) is 41.9 Å². The molecule has 0 unspecified atom stereocenters. The molecule has 0 radical (unpaired) electrons. The van der Waals surface area contributed by atoms with Crippen LogP contribution in [0.3, 0.4) is 0 Å². The Morgan fingerprint density at radius 2 is 1.67 bits per heavy atom. The van der Waals surface area contributed by atoms with Crippen molar-refractivity contribution in [3.8, 4) is 0 Å². The molecule has 0 amide bonds. The largest absolute Gasteiger partial charge is 0.398 e. The Kier molecular flexibility index (Phi) is 4.24. The highest BCUT2D eigenvalue weighted by Gasteiger charge is 2.04. The zero-order valence-corrected chi connectivity index (χ0v) is 11.2. The number of anilines is 1. The van der Waals surface area contributed by atoms with Crippen molar-refractivity contribution >= 4 is 17.3 Å². The number of rotatable bonds is 4. The van der Waals surface area contributed by atoms with Gasteiger partial charge in [0.15, 0.2) is 0 Å². The maximum atomic E-state index is 5.94. The monoisotopic (exact) mass is 260 g/mol. The van der Waals surface area contributed by atoms with Crippen LogP contribution in [0, 0.1) is 0 Å². The molecular formula is C15H17ClN2. The van der Waals surface area contributed by atoms with Crippen molar-refractivity contribution in [2.24, 2.45) is 0 Å². The molecule has 94 valence electrons. The van der Waals surface area contributed by atoms with Crippen LogP contribution < -0.4 is 5.73 Å². The summed E-state index contributed by atoms with van der Waals surface area (Å²) in [5.74, 6) is 0. The van der Waals surface area contributed by atoms with Crippen LogP contribution in [0.15, 0.2) is 48.5 Å². The van der Waals surface area contributed by atoms with Gasteiger partial charge in [0.25, 0.3) is 0 Å². The molecule has 3 heteroatoms. The van der Waals surface area contributed by atoms with E-state index in [1.807, 2.05) is 42.5 Å². The normalized spacial score (nSPS) is 10.8. The fraction of sp³-hybridized carbons (Fsp3) is 0.200. The molecule has 2 rings (SSSR count). The number of nitrogens with two attached hydrogens (primary N) is 1. The van der Waals surface area contributed by atoms with Crippen LogP contribution >= 0.6 is 11.6 Å². The summed E-state index contributed by atoms with van der Waals surface area (Å²) < 4.78 is 0. The summed E-state index contributed by atoms with van der Waals surface area (Å²) in [6.45, 7) is 1.72. The fourth-order valence-corrected chi connectivity index (χ4v) is 2.05. The maximum absolute atomic E-state index is 5.94. The zero-order chi connectivity index (χ0) is 13.0. The third kappa shape index (κ3) is 3.49. The van der Waals surface area contributed by atoms with E-state index in [-0.39, 0.29) is 0 Å². The Morgan fingerprint density at radius 3 is 2.33 bits per heavy atom. The Labute approximate surface area is 113 Å². The first kappa shape index (κ1) is 12.9. The van der Waals surface area contributed by atoms with Crippen molar-refractivity contribution in [1.29, 1.82) is 0 Å². The van der Waals surface area contributed by atoms with Crippen molar-refractivity contribution in [3.05, 3.63) is 64.7 Å². The van der Waals surface area contributed by atoms with Gasteiger partial charge in [-0.2, -0.15) is 0 Å². The van der Waals surface area contributed by atoms with E-state index >= 15 is 0 Å². The highest BCUT2D eigenvalue weighted by atomic mass is 35.5. The number of nitrogen functional groups attached to an aromatic ring is 1. The Hall–Kier alpha value is -1.51. The molecular weight excluding hydrogens is 244 g/mol. The highest BCUT2D eigenvalue weighted by molar-refractivity contribution is 6.30. The number of benzene rings is 2. The molecule has 0 fully saturated rings. The molecule has 0 heterocycles. The summed E-state index contributed by atoms with van der Waals surface area (Å²) >= 11 is 5.87. The first-order valence-corrected chi connectivity index (χ1v) is 6.29. The molecule has 2 aromatic carbocycles. The first-order chi connectivity index (χ1) is 8.65. The van der Waals surface area contributed by atoms with Gasteiger partial charge < -0.3 is 5.73 Å². The molecule has 0 atom stereocenters. The summed E-state index contributed by atoms with van der Waals surface area (Å²) in [5, 5.41) is 0.772. The quantitative estimate of drug-likeness (QED) is 0.852. The van der Waals surface area contributed by atoms with Gasteiger partial charge >= 0.3 is 0 Å². The van der Waals surface area contributed by atoms with Gasteiger partial charge in [0.1, 0.15) is 0 Å². The van der Waals surface area contributed by atoms with Crippen LogP contribution in [-0.4, -0.2) is 11.9 Å². The molecule has 0 aliphatic heterocycles. The molecule has 0 saturated carbocycles. The minimum atomic E-state index is 0.772. The maximum Gasteiger partial charge on any atom is 0.0406 e. The van der Waals surface area contributed by atoms with Gasteiger partial charge in [-0.15, -0.1) is 0 Å². The van der Waals surface area contributed by atoms with Crippen molar-refractivity contribution in [2.75, 3.05) is 12.8 Å². The Balaban J connectivity index is 1.99. The van der Waals surface area contributed by atoms with E-state index in [2.05, 4.69) is 18.0 Å². The summed E-state index contributed by atoms with van der Waals surface area (Å²) in [5.41, 5.74) is 9.19. The lowest BCUT2D eigenvalue weighted by molar-refractivity contribution is 0.319. The van der Waals surface area contributed by atoms with E-state index in [1.165, 1.54) is 5.56 Å². The number of para-hydroxylation sites is 1. The first-order valence-electron chi connectivity index (χ1n) is 5.91. The lowest BCUT2D eigenvalue weighted by atomic mass is 10.1. The number of nitrogens with zero attached hydrogens (tertiary/aromatic N) is 1. The predicted molar refractivity (Wildman–Crippen MR) is 77.5 cm³/mol. The van der Waals surface area contributed by atoms with E-state index in [9.17, 15) is 0 Å². The Morgan fingerprint density at radius 1 is 1.00 bits per heavy atom. The lowest BCUT2D eigenvalue weighted by Crippen LogP contribution is -2.17. The van der Waals surface area contributed by atoms with Crippen LogP contribution in [0.1, 0.15) is 11.1 Å². The molecule has 0 aliphatic rings.